The molecule has 4 N–H and O–H groups in total. The maximum Gasteiger partial charge on any atom is 0.302 e. The van der Waals surface area contributed by atoms with Gasteiger partial charge in [0.05, 0.1) is 30.5 Å². The van der Waals surface area contributed by atoms with Crippen molar-refractivity contribution >= 4 is 11.9 Å². The van der Waals surface area contributed by atoms with Gasteiger partial charge in [-0.3, -0.25) is 9.59 Å². The SMILES string of the molecule is C=C1[C@@H](O)[C@]23C[C@@]1(O)C[C@H](OC(C)=O)[C@H]2[C@@]1(C)[C@H](C[C@H]3O)[C@](C)(COC(C)=O)CC[C@@H]1O. The molecule has 0 unspecified atom stereocenters. The molecule has 0 radical (unpaired) electrons. The van der Waals surface area contributed by atoms with Crippen molar-refractivity contribution in [2.24, 2.45) is 28.1 Å². The van der Waals surface area contributed by atoms with Crippen molar-refractivity contribution < 1.29 is 39.5 Å². The molecule has 0 heterocycles. The molecule has 4 aliphatic carbocycles. The summed E-state index contributed by atoms with van der Waals surface area (Å²) < 4.78 is 11.1. The van der Waals surface area contributed by atoms with Crippen molar-refractivity contribution in [3.8, 4) is 0 Å². The summed E-state index contributed by atoms with van der Waals surface area (Å²) in [6.45, 7) is 10.7. The maximum absolute atomic E-state index is 12.0. The molecular formula is C24H36O8. The molecular weight excluding hydrogens is 416 g/mol. The number of aliphatic hydroxyl groups excluding tert-OH is 3. The fourth-order valence-corrected chi connectivity index (χ4v) is 8.16. The summed E-state index contributed by atoms with van der Waals surface area (Å²) in [4.78, 5) is 23.6. The highest BCUT2D eigenvalue weighted by atomic mass is 16.5. The smallest absolute Gasteiger partial charge is 0.302 e. The van der Waals surface area contributed by atoms with E-state index in [9.17, 15) is 30.0 Å². The monoisotopic (exact) mass is 452 g/mol. The van der Waals surface area contributed by atoms with Crippen LogP contribution >= 0.6 is 0 Å². The Hall–Kier alpha value is -1.48. The largest absolute Gasteiger partial charge is 0.465 e. The van der Waals surface area contributed by atoms with Crippen LogP contribution in [0.4, 0.5) is 0 Å². The van der Waals surface area contributed by atoms with Crippen LogP contribution in [0.2, 0.25) is 0 Å². The first-order valence-electron chi connectivity index (χ1n) is 11.5. The maximum atomic E-state index is 12.0. The zero-order chi connectivity index (χ0) is 23.9. The third-order valence-electron chi connectivity index (χ3n) is 9.50. The van der Waals surface area contributed by atoms with E-state index in [0.29, 0.717) is 12.8 Å². The zero-order valence-corrected chi connectivity index (χ0v) is 19.3. The van der Waals surface area contributed by atoms with E-state index in [0.717, 1.165) is 0 Å². The van der Waals surface area contributed by atoms with Gasteiger partial charge in [0.15, 0.2) is 0 Å². The number of aliphatic hydroxyl groups is 4. The third kappa shape index (κ3) is 2.95. The summed E-state index contributed by atoms with van der Waals surface area (Å²) in [6, 6.07) is 0. The van der Waals surface area contributed by atoms with Gasteiger partial charge in [0.25, 0.3) is 0 Å². The quantitative estimate of drug-likeness (QED) is 0.369. The Balaban J connectivity index is 1.87. The summed E-state index contributed by atoms with van der Waals surface area (Å²) in [7, 11) is 0. The summed E-state index contributed by atoms with van der Waals surface area (Å²) in [5, 5.41) is 45.6. The van der Waals surface area contributed by atoms with E-state index in [1.54, 1.807) is 0 Å². The molecule has 8 nitrogen and oxygen atoms in total. The first-order valence-corrected chi connectivity index (χ1v) is 11.5. The zero-order valence-electron chi connectivity index (χ0n) is 19.3. The first-order chi connectivity index (χ1) is 14.7. The number of hydrogen-bond donors (Lipinski definition) is 4. The van der Waals surface area contributed by atoms with Crippen LogP contribution in [-0.2, 0) is 19.1 Å². The van der Waals surface area contributed by atoms with Crippen LogP contribution in [0.25, 0.3) is 0 Å². The van der Waals surface area contributed by atoms with E-state index in [1.807, 2.05) is 13.8 Å². The van der Waals surface area contributed by atoms with Crippen molar-refractivity contribution in [2.45, 2.75) is 89.8 Å². The van der Waals surface area contributed by atoms with Gasteiger partial charge in [-0.1, -0.05) is 20.4 Å². The second kappa shape index (κ2) is 7.26. The second-order valence-electron chi connectivity index (χ2n) is 11.2. The van der Waals surface area contributed by atoms with E-state index in [1.165, 1.54) is 13.8 Å². The van der Waals surface area contributed by atoms with Crippen LogP contribution in [0, 0.1) is 28.1 Å². The van der Waals surface area contributed by atoms with E-state index in [4.69, 9.17) is 9.47 Å². The Morgan fingerprint density at radius 1 is 1.12 bits per heavy atom. The number of carbonyl (C=O) groups is 2. The third-order valence-corrected chi connectivity index (χ3v) is 9.50. The molecule has 0 aromatic heterocycles. The Kier molecular flexibility index (Phi) is 5.37. The molecule has 0 amide bonds. The molecule has 32 heavy (non-hydrogen) atoms. The lowest BCUT2D eigenvalue weighted by molar-refractivity contribution is -0.287. The standard InChI is InChI=1S/C24H36O8/c1-12-20(29)24-10-23(12,30)9-15(32-14(3)26)19(24)22(5)16(8-18(24)28)21(4,7-6-17(22)27)11-31-13(2)25/h15-20,27-30H,1,6-11H2,2-5H3/t15-,16+,17-,18+,19-,20+,21-,22-,23-,24-/m0/s1. The molecule has 0 aliphatic heterocycles. The van der Waals surface area contributed by atoms with E-state index >= 15 is 0 Å². The number of rotatable bonds is 3. The minimum absolute atomic E-state index is 0.0529. The molecule has 8 heteroatoms. The molecule has 0 saturated heterocycles. The number of esters is 2. The first kappa shape index (κ1) is 23.7. The summed E-state index contributed by atoms with van der Waals surface area (Å²) in [6.07, 6.45) is -2.35. The van der Waals surface area contributed by atoms with Gasteiger partial charge >= 0.3 is 11.9 Å². The summed E-state index contributed by atoms with van der Waals surface area (Å²) in [5.74, 6) is -1.80. The highest BCUT2D eigenvalue weighted by Gasteiger charge is 2.77. The number of carbonyl (C=O) groups excluding carboxylic acids is 2. The molecule has 4 rings (SSSR count). The molecule has 10 atom stereocenters. The van der Waals surface area contributed by atoms with Crippen LogP contribution in [0.15, 0.2) is 12.2 Å². The van der Waals surface area contributed by atoms with Crippen LogP contribution in [-0.4, -0.2) is 69.0 Å². The molecule has 4 aliphatic rings. The fraction of sp³-hybridized carbons (Fsp3) is 0.833. The molecule has 2 bridgehead atoms. The molecule has 0 aromatic carbocycles. The van der Waals surface area contributed by atoms with Crippen molar-refractivity contribution in [1.29, 1.82) is 0 Å². The van der Waals surface area contributed by atoms with E-state index in [-0.39, 0.29) is 37.4 Å². The molecule has 180 valence electrons. The van der Waals surface area contributed by atoms with Gasteiger partial charge in [0, 0.05) is 42.4 Å². The minimum Gasteiger partial charge on any atom is -0.465 e. The topological polar surface area (TPSA) is 134 Å². The van der Waals surface area contributed by atoms with Crippen LogP contribution < -0.4 is 0 Å². The van der Waals surface area contributed by atoms with Gasteiger partial charge in [-0.15, -0.1) is 0 Å². The van der Waals surface area contributed by atoms with Crippen molar-refractivity contribution in [3.05, 3.63) is 12.2 Å². The highest BCUT2D eigenvalue weighted by molar-refractivity contribution is 5.66. The lowest BCUT2D eigenvalue weighted by Crippen LogP contribution is -2.71. The fourth-order valence-electron chi connectivity index (χ4n) is 8.16. The lowest BCUT2D eigenvalue weighted by atomic mass is 9.38. The Bertz CT molecular complexity index is 842. The predicted molar refractivity (Wildman–Crippen MR) is 113 cm³/mol. The number of ether oxygens (including phenoxy) is 2. The van der Waals surface area contributed by atoms with Crippen molar-refractivity contribution in [1.82, 2.24) is 0 Å². The average molecular weight is 453 g/mol. The summed E-state index contributed by atoms with van der Waals surface area (Å²) in [5.41, 5.74) is -3.81. The lowest BCUT2D eigenvalue weighted by Gasteiger charge is -2.68. The van der Waals surface area contributed by atoms with Gasteiger partial charge < -0.3 is 29.9 Å². The number of fused-ring (bicyclic) bond motifs is 3. The number of hydrogen-bond acceptors (Lipinski definition) is 8. The Morgan fingerprint density at radius 3 is 2.38 bits per heavy atom. The van der Waals surface area contributed by atoms with Gasteiger partial charge in [-0.05, 0) is 37.2 Å². The minimum atomic E-state index is -1.46. The summed E-state index contributed by atoms with van der Waals surface area (Å²) >= 11 is 0. The van der Waals surface area contributed by atoms with Crippen LogP contribution in [0.5, 0.6) is 0 Å². The molecule has 4 fully saturated rings. The van der Waals surface area contributed by atoms with Crippen LogP contribution in [0.3, 0.4) is 0 Å². The highest BCUT2D eigenvalue weighted by Crippen LogP contribution is 2.73. The van der Waals surface area contributed by atoms with Crippen LogP contribution in [0.1, 0.15) is 59.8 Å². The van der Waals surface area contributed by atoms with Gasteiger partial charge in [-0.25, -0.2) is 0 Å². The normalized spacial score (nSPS) is 52.1. The van der Waals surface area contributed by atoms with Crippen molar-refractivity contribution in [3.63, 3.8) is 0 Å². The van der Waals surface area contributed by atoms with Crippen molar-refractivity contribution in [2.75, 3.05) is 6.61 Å². The Morgan fingerprint density at radius 2 is 1.78 bits per heavy atom. The average Bonchev–Trinajstić information content (AvgIpc) is 2.84. The van der Waals surface area contributed by atoms with E-state index in [2.05, 4.69) is 6.58 Å². The van der Waals surface area contributed by atoms with Gasteiger partial charge in [-0.2, -0.15) is 0 Å². The Labute approximate surface area is 188 Å². The predicted octanol–water partition coefficient (Wildman–Crippen LogP) is 1.09. The molecule has 4 saturated carbocycles. The molecule has 1 spiro atoms. The van der Waals surface area contributed by atoms with Gasteiger partial charge in [0.2, 0.25) is 0 Å². The molecule has 0 aromatic rings. The second-order valence-corrected chi connectivity index (χ2v) is 11.2. The van der Waals surface area contributed by atoms with Gasteiger partial charge in [0.1, 0.15) is 6.10 Å². The van der Waals surface area contributed by atoms with E-state index < -0.39 is 64.1 Å².